The number of nitrogens with zero attached hydrogens (tertiary/aromatic N) is 4. The van der Waals surface area contributed by atoms with Crippen molar-refractivity contribution in [2.45, 2.75) is 63.3 Å². The monoisotopic (exact) mass is 655 g/mol. The Morgan fingerprint density at radius 3 is 2.59 bits per heavy atom. The molecule has 46 heavy (non-hydrogen) atoms. The van der Waals surface area contributed by atoms with E-state index in [1.807, 2.05) is 19.9 Å². The van der Waals surface area contributed by atoms with Crippen LogP contribution in [-0.4, -0.2) is 95.7 Å². The van der Waals surface area contributed by atoms with Gasteiger partial charge in [-0.05, 0) is 63.4 Å². The first kappa shape index (κ1) is 35.1. The summed E-state index contributed by atoms with van der Waals surface area (Å²) in [7, 11) is -0.687. The summed E-state index contributed by atoms with van der Waals surface area (Å²) in [5.74, 6) is -0.658. The van der Waals surface area contributed by atoms with Crippen LogP contribution in [0.4, 0.5) is 5.69 Å². The van der Waals surface area contributed by atoms with Crippen molar-refractivity contribution in [1.82, 2.24) is 18.8 Å². The SMILES string of the molecule is C[C@@H]1CN([C@@H](C)CO)C(=O)c2cc(NC(=O)c3ccccc3)ccc2O[C@@H](C)CCCCO[C@@H]1CN(C)S(=O)(=O)c1cn(C)cn1. The molecular formula is C33H45N5O7S. The number of nitrogens with one attached hydrogen (secondary N) is 1. The Bertz CT molecular complexity index is 1580. The number of imidazole rings is 1. The predicted molar refractivity (Wildman–Crippen MR) is 174 cm³/mol. The van der Waals surface area contributed by atoms with Gasteiger partial charge in [-0.3, -0.25) is 9.59 Å². The van der Waals surface area contributed by atoms with Crippen molar-refractivity contribution in [3.63, 3.8) is 0 Å². The summed E-state index contributed by atoms with van der Waals surface area (Å²) < 4.78 is 41.9. The molecule has 1 aliphatic rings. The Hall–Kier alpha value is -3.78. The molecule has 0 radical (unpaired) electrons. The molecule has 0 aliphatic carbocycles. The minimum Gasteiger partial charge on any atom is -0.490 e. The summed E-state index contributed by atoms with van der Waals surface area (Å²) in [4.78, 5) is 32.8. The van der Waals surface area contributed by atoms with Crippen LogP contribution in [0.25, 0.3) is 0 Å². The maximum absolute atomic E-state index is 14.3. The molecule has 0 saturated carbocycles. The third kappa shape index (κ3) is 8.72. The first-order valence-corrected chi connectivity index (χ1v) is 17.0. The van der Waals surface area contributed by atoms with Crippen molar-refractivity contribution >= 4 is 27.5 Å². The predicted octanol–water partition coefficient (Wildman–Crippen LogP) is 3.79. The minimum absolute atomic E-state index is 0.0430. The molecule has 0 bridgehead atoms. The van der Waals surface area contributed by atoms with Crippen LogP contribution in [0.15, 0.2) is 66.1 Å². The highest BCUT2D eigenvalue weighted by atomic mass is 32.2. The summed E-state index contributed by atoms with van der Waals surface area (Å²) in [6.07, 6.45) is 4.35. The lowest BCUT2D eigenvalue weighted by atomic mass is 10.0. The molecule has 2 aromatic carbocycles. The molecule has 4 rings (SSSR count). The summed E-state index contributed by atoms with van der Waals surface area (Å²) in [5.41, 5.74) is 1.14. The number of amides is 2. The molecular weight excluding hydrogens is 610 g/mol. The van der Waals surface area contributed by atoms with Crippen LogP contribution in [-0.2, 0) is 21.8 Å². The molecule has 250 valence electrons. The average molecular weight is 656 g/mol. The number of aliphatic hydroxyl groups is 1. The fourth-order valence-corrected chi connectivity index (χ4v) is 6.43. The third-order valence-electron chi connectivity index (χ3n) is 8.14. The lowest BCUT2D eigenvalue weighted by Gasteiger charge is -2.35. The van der Waals surface area contributed by atoms with Gasteiger partial charge >= 0.3 is 0 Å². The summed E-state index contributed by atoms with van der Waals surface area (Å²) in [6, 6.07) is 13.2. The lowest BCUT2D eigenvalue weighted by molar-refractivity contribution is -0.00835. The second-order valence-corrected chi connectivity index (χ2v) is 14.0. The van der Waals surface area contributed by atoms with E-state index in [1.165, 1.54) is 23.9 Å². The van der Waals surface area contributed by atoms with Crippen molar-refractivity contribution in [2.75, 3.05) is 38.7 Å². The molecule has 0 fully saturated rings. The summed E-state index contributed by atoms with van der Waals surface area (Å²) >= 11 is 0. The molecule has 0 saturated heterocycles. The van der Waals surface area contributed by atoms with E-state index in [0.29, 0.717) is 30.0 Å². The zero-order valence-electron chi connectivity index (χ0n) is 27.1. The van der Waals surface area contributed by atoms with Gasteiger partial charge in [-0.25, -0.2) is 13.4 Å². The highest BCUT2D eigenvalue weighted by molar-refractivity contribution is 7.89. The number of hydrogen-bond donors (Lipinski definition) is 2. The van der Waals surface area contributed by atoms with Gasteiger partial charge in [0, 0.05) is 57.2 Å². The number of aryl methyl sites for hydroxylation is 1. The second kappa shape index (κ2) is 15.7. The van der Waals surface area contributed by atoms with E-state index in [-0.39, 0.29) is 48.2 Å². The number of benzene rings is 2. The summed E-state index contributed by atoms with van der Waals surface area (Å²) in [6.45, 7) is 5.89. The first-order valence-electron chi connectivity index (χ1n) is 15.6. The molecule has 2 heterocycles. The number of ether oxygens (including phenoxy) is 2. The van der Waals surface area contributed by atoms with Gasteiger partial charge in [0.1, 0.15) is 5.75 Å². The third-order valence-corrected chi connectivity index (χ3v) is 9.85. The largest absolute Gasteiger partial charge is 0.490 e. The van der Waals surface area contributed by atoms with E-state index in [1.54, 1.807) is 65.9 Å². The summed E-state index contributed by atoms with van der Waals surface area (Å²) in [5, 5.41) is 13.0. The normalized spacial score (nSPS) is 20.8. The van der Waals surface area contributed by atoms with Crippen LogP contribution in [0.2, 0.25) is 0 Å². The molecule has 0 spiro atoms. The highest BCUT2D eigenvalue weighted by Crippen LogP contribution is 2.29. The first-order chi connectivity index (χ1) is 21.9. The molecule has 0 unspecified atom stereocenters. The fourth-order valence-electron chi connectivity index (χ4n) is 5.29. The van der Waals surface area contributed by atoms with Crippen molar-refractivity contribution in [1.29, 1.82) is 0 Å². The van der Waals surface area contributed by atoms with Crippen LogP contribution in [0.1, 0.15) is 60.7 Å². The fraction of sp³-hybridized carbons (Fsp3) is 0.485. The number of anilines is 1. The smallest absolute Gasteiger partial charge is 0.261 e. The van der Waals surface area contributed by atoms with E-state index in [2.05, 4.69) is 10.3 Å². The number of carbonyl (C=O) groups excluding carboxylic acids is 2. The second-order valence-electron chi connectivity index (χ2n) is 12.0. The van der Waals surface area contributed by atoms with E-state index in [4.69, 9.17) is 9.47 Å². The Morgan fingerprint density at radius 1 is 1.17 bits per heavy atom. The van der Waals surface area contributed by atoms with Crippen LogP contribution < -0.4 is 10.1 Å². The number of aliphatic hydroxyl groups excluding tert-OH is 1. The van der Waals surface area contributed by atoms with Gasteiger partial charge in [-0.1, -0.05) is 25.1 Å². The Kier molecular flexibility index (Phi) is 12.0. The van der Waals surface area contributed by atoms with Gasteiger partial charge in [0.15, 0.2) is 5.03 Å². The number of sulfonamides is 1. The van der Waals surface area contributed by atoms with E-state index in [9.17, 15) is 23.1 Å². The van der Waals surface area contributed by atoms with E-state index >= 15 is 0 Å². The van der Waals surface area contributed by atoms with Crippen LogP contribution in [0, 0.1) is 5.92 Å². The number of likely N-dealkylation sites (N-methyl/N-ethyl adjacent to an activating group) is 1. The van der Waals surface area contributed by atoms with Gasteiger partial charge < -0.3 is 29.4 Å². The molecule has 13 heteroatoms. The molecule has 4 atom stereocenters. The molecule has 3 aromatic rings. The quantitative estimate of drug-likeness (QED) is 0.373. The van der Waals surface area contributed by atoms with E-state index < -0.39 is 28.1 Å². The molecule has 2 N–H and O–H groups in total. The van der Waals surface area contributed by atoms with Crippen molar-refractivity contribution in [3.05, 3.63) is 72.2 Å². The Morgan fingerprint density at radius 2 is 1.91 bits per heavy atom. The van der Waals surface area contributed by atoms with Gasteiger partial charge in [0.05, 0.1) is 36.7 Å². The lowest BCUT2D eigenvalue weighted by Crippen LogP contribution is -2.48. The number of hydrogen-bond acceptors (Lipinski definition) is 8. The zero-order chi connectivity index (χ0) is 33.4. The van der Waals surface area contributed by atoms with Crippen molar-refractivity contribution in [3.8, 4) is 5.75 Å². The van der Waals surface area contributed by atoms with Crippen LogP contribution in [0.5, 0.6) is 5.75 Å². The Labute approximate surface area is 271 Å². The molecule has 1 aliphatic heterocycles. The number of fused-ring (bicyclic) bond motifs is 1. The van der Waals surface area contributed by atoms with Gasteiger partial charge in [0.2, 0.25) is 0 Å². The molecule has 2 amide bonds. The standard InChI is InChI=1S/C33H45N5O7S/c1-23-18-38(24(2)21-39)33(41)28-17-27(35-32(40)26-12-7-6-8-13-26)14-15-29(28)45-25(3)11-9-10-16-44-30(23)19-37(5)46(42,43)31-20-36(4)22-34-31/h6-8,12-15,17,20,22-25,30,39H,9-11,16,18-19,21H2,1-5H3,(H,35,40)/t23-,24+,25+,30-/m1/s1. The van der Waals surface area contributed by atoms with Crippen LogP contribution >= 0.6 is 0 Å². The number of carbonyl (C=O) groups is 2. The van der Waals surface area contributed by atoms with Crippen molar-refractivity contribution in [2.24, 2.45) is 13.0 Å². The maximum atomic E-state index is 14.3. The van der Waals surface area contributed by atoms with Gasteiger partial charge in [-0.15, -0.1) is 0 Å². The van der Waals surface area contributed by atoms with Gasteiger partial charge in [0.25, 0.3) is 21.8 Å². The Balaban J connectivity index is 1.65. The highest BCUT2D eigenvalue weighted by Gasteiger charge is 2.33. The maximum Gasteiger partial charge on any atom is 0.261 e. The zero-order valence-corrected chi connectivity index (χ0v) is 27.9. The van der Waals surface area contributed by atoms with Gasteiger partial charge in [-0.2, -0.15) is 4.31 Å². The molecule has 12 nitrogen and oxygen atoms in total. The minimum atomic E-state index is -3.88. The molecule has 1 aromatic heterocycles. The van der Waals surface area contributed by atoms with E-state index in [0.717, 1.165) is 12.8 Å². The van der Waals surface area contributed by atoms with Crippen LogP contribution in [0.3, 0.4) is 0 Å². The topological polar surface area (TPSA) is 143 Å². The average Bonchev–Trinajstić information content (AvgIpc) is 3.49. The number of aromatic nitrogens is 2. The number of rotatable bonds is 8. The van der Waals surface area contributed by atoms with Crippen molar-refractivity contribution < 1.29 is 32.6 Å².